The maximum absolute atomic E-state index is 12.5. The molecule has 28 heavy (non-hydrogen) atoms. The van der Waals surface area contributed by atoms with E-state index >= 15 is 0 Å². The predicted molar refractivity (Wildman–Crippen MR) is 126 cm³/mol. The van der Waals surface area contributed by atoms with E-state index < -0.39 is 0 Å². The van der Waals surface area contributed by atoms with Crippen molar-refractivity contribution in [3.05, 3.63) is 16.1 Å². The molecule has 0 aromatic carbocycles. The minimum atomic E-state index is 0. The van der Waals surface area contributed by atoms with Crippen LogP contribution in [0.2, 0.25) is 0 Å². The zero-order valence-electron chi connectivity index (χ0n) is 17.0. The molecule has 2 aliphatic rings. The number of likely N-dealkylation sites (tertiary alicyclic amines) is 1. The number of piperidine rings is 1. The molecule has 0 unspecified atom stereocenters. The second-order valence-electron chi connectivity index (χ2n) is 7.24. The van der Waals surface area contributed by atoms with Crippen LogP contribution in [-0.2, 0) is 11.3 Å². The van der Waals surface area contributed by atoms with Crippen LogP contribution in [0.4, 0.5) is 0 Å². The Balaban J connectivity index is 0.00000280. The highest BCUT2D eigenvalue weighted by Crippen LogP contribution is 2.13. The van der Waals surface area contributed by atoms with Gasteiger partial charge in [-0.1, -0.05) is 0 Å². The molecule has 2 fully saturated rings. The van der Waals surface area contributed by atoms with Crippen LogP contribution in [0.25, 0.3) is 0 Å². The first-order valence-corrected chi connectivity index (χ1v) is 10.9. The predicted octanol–water partition coefficient (Wildman–Crippen LogP) is 2.17. The third-order valence-corrected chi connectivity index (χ3v) is 6.01. The second kappa shape index (κ2) is 11.9. The number of aliphatic imine (C=N–C) groups is 1. The Kier molecular flexibility index (Phi) is 9.93. The van der Waals surface area contributed by atoms with Crippen molar-refractivity contribution < 1.29 is 4.79 Å². The third kappa shape index (κ3) is 6.84. The fourth-order valence-corrected chi connectivity index (χ4v) is 4.31. The number of amides is 1. The Hall–Kier alpha value is -0.940. The summed E-state index contributed by atoms with van der Waals surface area (Å²) in [5.41, 5.74) is 0. The Morgan fingerprint density at radius 1 is 1.14 bits per heavy atom. The van der Waals surface area contributed by atoms with Gasteiger partial charge in [0.2, 0.25) is 5.91 Å². The lowest BCUT2D eigenvalue weighted by molar-refractivity contribution is -0.133. The van der Waals surface area contributed by atoms with Crippen LogP contribution in [0.3, 0.4) is 0 Å². The molecular weight excluding hydrogens is 487 g/mol. The monoisotopic (exact) mass is 520 g/mol. The zero-order chi connectivity index (χ0) is 19.1. The quantitative estimate of drug-likeness (QED) is 0.367. The largest absolute Gasteiger partial charge is 0.357 e. The van der Waals surface area contributed by atoms with E-state index in [1.54, 1.807) is 11.3 Å². The molecule has 1 N–H and O–H groups in total. The first-order valence-electron chi connectivity index (χ1n) is 10.1. The van der Waals surface area contributed by atoms with Gasteiger partial charge < -0.3 is 15.1 Å². The molecule has 7 nitrogen and oxygen atoms in total. The molecule has 0 atom stereocenters. The van der Waals surface area contributed by atoms with Crippen LogP contribution in [0.5, 0.6) is 0 Å². The summed E-state index contributed by atoms with van der Waals surface area (Å²) in [6.07, 6.45) is 5.47. The summed E-state index contributed by atoms with van der Waals surface area (Å²) in [6, 6.07) is 0. The van der Waals surface area contributed by atoms with Gasteiger partial charge in [-0.2, -0.15) is 0 Å². The maximum Gasteiger partial charge on any atom is 0.236 e. The minimum Gasteiger partial charge on any atom is -0.357 e. The zero-order valence-corrected chi connectivity index (χ0v) is 20.2. The molecule has 2 saturated heterocycles. The molecule has 2 aliphatic heterocycles. The molecule has 1 amide bonds. The van der Waals surface area contributed by atoms with Crippen molar-refractivity contribution in [1.82, 2.24) is 25.0 Å². The molecule has 0 radical (unpaired) electrons. The molecule has 0 aliphatic carbocycles. The number of carbonyl (C=O) groups excluding carboxylic acids is 1. The smallest absolute Gasteiger partial charge is 0.236 e. The number of halogens is 1. The molecule has 3 rings (SSSR count). The van der Waals surface area contributed by atoms with Crippen LogP contribution in [0, 0.1) is 6.92 Å². The highest BCUT2D eigenvalue weighted by molar-refractivity contribution is 14.0. The van der Waals surface area contributed by atoms with Crippen LogP contribution < -0.4 is 5.32 Å². The van der Waals surface area contributed by atoms with E-state index in [0.29, 0.717) is 19.0 Å². The molecule has 0 saturated carbocycles. The lowest BCUT2D eigenvalue weighted by atomic mass is 10.1. The molecule has 3 heterocycles. The van der Waals surface area contributed by atoms with Gasteiger partial charge in [0, 0.05) is 56.9 Å². The number of hydrogen-bond acceptors (Lipinski definition) is 5. The third-order valence-electron chi connectivity index (χ3n) is 5.11. The van der Waals surface area contributed by atoms with Crippen LogP contribution >= 0.6 is 35.3 Å². The topological polar surface area (TPSA) is 64.1 Å². The number of thiazole rings is 1. The highest BCUT2D eigenvalue weighted by Gasteiger charge is 2.24. The van der Waals surface area contributed by atoms with Crippen LogP contribution in [0.15, 0.2) is 11.2 Å². The molecule has 0 bridgehead atoms. The SMILES string of the molecule is CCNC(=NCc1ncc(C)s1)N1CCN(CC(=O)N2CCCCC2)CC1.I. The number of aryl methyl sites for hydroxylation is 1. The average molecular weight is 520 g/mol. The summed E-state index contributed by atoms with van der Waals surface area (Å²) in [6.45, 7) is 11.7. The first kappa shape index (κ1) is 23.3. The van der Waals surface area contributed by atoms with Crippen molar-refractivity contribution in [3.8, 4) is 0 Å². The second-order valence-corrected chi connectivity index (χ2v) is 8.56. The Morgan fingerprint density at radius 3 is 2.46 bits per heavy atom. The number of nitrogens with one attached hydrogen (secondary N) is 1. The van der Waals surface area contributed by atoms with Gasteiger partial charge in [-0.05, 0) is 33.1 Å². The number of nitrogens with zero attached hydrogens (tertiary/aromatic N) is 5. The van der Waals surface area contributed by atoms with Gasteiger partial charge in [-0.15, -0.1) is 35.3 Å². The van der Waals surface area contributed by atoms with Gasteiger partial charge >= 0.3 is 0 Å². The summed E-state index contributed by atoms with van der Waals surface area (Å²) in [5, 5.41) is 4.45. The first-order chi connectivity index (χ1) is 13.2. The normalized spacial score (nSPS) is 18.7. The molecule has 9 heteroatoms. The van der Waals surface area contributed by atoms with Crippen molar-refractivity contribution >= 4 is 47.2 Å². The lowest BCUT2D eigenvalue weighted by Crippen LogP contribution is -2.54. The molecule has 1 aromatic heterocycles. The number of guanidine groups is 1. The minimum absolute atomic E-state index is 0. The Bertz CT molecular complexity index is 638. The summed E-state index contributed by atoms with van der Waals surface area (Å²) >= 11 is 1.70. The number of rotatable bonds is 5. The number of carbonyl (C=O) groups is 1. The van der Waals surface area contributed by atoms with E-state index in [1.165, 1.54) is 11.3 Å². The van der Waals surface area contributed by atoms with Crippen LogP contribution in [0.1, 0.15) is 36.1 Å². The Labute approximate surface area is 189 Å². The molecule has 1 aromatic rings. The van der Waals surface area contributed by atoms with E-state index in [-0.39, 0.29) is 24.0 Å². The van der Waals surface area contributed by atoms with Gasteiger partial charge in [0.15, 0.2) is 5.96 Å². The van der Waals surface area contributed by atoms with Crippen LogP contribution in [-0.4, -0.2) is 83.9 Å². The van der Waals surface area contributed by atoms with E-state index in [2.05, 4.69) is 33.9 Å². The highest BCUT2D eigenvalue weighted by atomic mass is 127. The van der Waals surface area contributed by atoms with Crippen molar-refractivity contribution in [2.24, 2.45) is 4.99 Å². The summed E-state index contributed by atoms with van der Waals surface area (Å²) in [4.78, 5) is 29.5. The molecule has 0 spiro atoms. The van der Waals surface area contributed by atoms with E-state index in [9.17, 15) is 4.79 Å². The van der Waals surface area contributed by atoms with E-state index in [0.717, 1.165) is 69.6 Å². The summed E-state index contributed by atoms with van der Waals surface area (Å²) < 4.78 is 0. The number of aromatic nitrogens is 1. The lowest BCUT2D eigenvalue weighted by Gasteiger charge is -2.37. The fourth-order valence-electron chi connectivity index (χ4n) is 3.60. The van der Waals surface area contributed by atoms with Gasteiger partial charge in [0.25, 0.3) is 0 Å². The van der Waals surface area contributed by atoms with Crippen molar-refractivity contribution in [2.75, 3.05) is 52.4 Å². The Morgan fingerprint density at radius 2 is 1.86 bits per heavy atom. The standard InChI is InChI=1S/C19H32N6OS.HI/c1-3-20-19(22-14-17-21-13-16(2)27-17)25-11-9-23(10-12-25)15-18(26)24-7-5-4-6-8-24;/h13H,3-12,14-15H2,1-2H3,(H,20,22);1H. The van der Waals surface area contributed by atoms with E-state index in [4.69, 9.17) is 4.99 Å². The van der Waals surface area contributed by atoms with Gasteiger partial charge in [-0.3, -0.25) is 9.69 Å². The number of hydrogen-bond donors (Lipinski definition) is 1. The van der Waals surface area contributed by atoms with Crippen molar-refractivity contribution in [1.29, 1.82) is 0 Å². The van der Waals surface area contributed by atoms with Gasteiger partial charge in [0.1, 0.15) is 5.01 Å². The average Bonchev–Trinajstić information content (AvgIpc) is 3.12. The van der Waals surface area contributed by atoms with Crippen molar-refractivity contribution in [2.45, 2.75) is 39.7 Å². The van der Waals surface area contributed by atoms with Crippen molar-refractivity contribution in [3.63, 3.8) is 0 Å². The summed E-state index contributed by atoms with van der Waals surface area (Å²) in [5.74, 6) is 1.25. The maximum atomic E-state index is 12.5. The molecule has 158 valence electrons. The number of piperazine rings is 1. The van der Waals surface area contributed by atoms with E-state index in [1.807, 2.05) is 11.1 Å². The summed E-state index contributed by atoms with van der Waals surface area (Å²) in [7, 11) is 0. The fraction of sp³-hybridized carbons (Fsp3) is 0.737. The molecular formula is C19H33IN6OS. The van der Waals surface area contributed by atoms with Gasteiger partial charge in [-0.25, -0.2) is 9.98 Å². The van der Waals surface area contributed by atoms with Gasteiger partial charge in [0.05, 0.1) is 13.1 Å².